The van der Waals surface area contributed by atoms with Gasteiger partial charge in [0.15, 0.2) is 0 Å². The highest BCUT2D eigenvalue weighted by molar-refractivity contribution is 7.99. The minimum Gasteiger partial charge on any atom is -0.497 e. The second kappa shape index (κ2) is 7.74. The van der Waals surface area contributed by atoms with Crippen molar-refractivity contribution in [3.05, 3.63) is 23.8 Å². The van der Waals surface area contributed by atoms with E-state index in [1.54, 1.807) is 26.0 Å². The summed E-state index contributed by atoms with van der Waals surface area (Å²) in [6, 6.07) is 6.01. The fourth-order valence-corrected chi connectivity index (χ4v) is 3.65. The third kappa shape index (κ3) is 4.08. The van der Waals surface area contributed by atoms with Crippen molar-refractivity contribution in [2.24, 2.45) is 5.92 Å². The Hall–Kier alpha value is -1.40. The maximum Gasteiger partial charge on any atom is 0.226 e. The molecule has 2 N–H and O–H groups in total. The van der Waals surface area contributed by atoms with Crippen molar-refractivity contribution in [3.63, 3.8) is 0 Å². The summed E-state index contributed by atoms with van der Waals surface area (Å²) in [6.45, 7) is 4.10. The molecule has 122 valence electrons. The maximum absolute atomic E-state index is 12.1. The Kier molecular flexibility index (Phi) is 5.97. The fourth-order valence-electron chi connectivity index (χ4n) is 2.62. The smallest absolute Gasteiger partial charge is 0.226 e. The molecule has 1 aliphatic heterocycles. The summed E-state index contributed by atoms with van der Waals surface area (Å²) in [6.07, 6.45) is 0.852. The molecule has 1 aromatic rings. The van der Waals surface area contributed by atoms with Gasteiger partial charge < -0.3 is 14.8 Å². The van der Waals surface area contributed by atoms with Crippen LogP contribution in [0.3, 0.4) is 0 Å². The van der Waals surface area contributed by atoms with E-state index in [0.29, 0.717) is 0 Å². The summed E-state index contributed by atoms with van der Waals surface area (Å²) in [7, 11) is 3.28. The molecule has 0 aliphatic carbocycles. The highest BCUT2D eigenvalue weighted by atomic mass is 32.2. The Labute approximate surface area is 136 Å². The van der Waals surface area contributed by atoms with Crippen molar-refractivity contribution >= 4 is 17.7 Å². The van der Waals surface area contributed by atoms with E-state index in [4.69, 9.17) is 9.47 Å². The van der Waals surface area contributed by atoms with Crippen LogP contribution in [0.5, 0.6) is 11.5 Å². The molecule has 0 aromatic heterocycles. The summed E-state index contributed by atoms with van der Waals surface area (Å²) < 4.78 is 10.6. The minimum absolute atomic E-state index is 0.0498. The predicted molar refractivity (Wildman–Crippen MR) is 89.2 cm³/mol. The molecule has 3 atom stereocenters. The van der Waals surface area contributed by atoms with E-state index in [9.17, 15) is 4.79 Å². The van der Waals surface area contributed by atoms with Crippen molar-refractivity contribution in [2.75, 3.05) is 14.2 Å². The second-order valence-corrected chi connectivity index (χ2v) is 6.48. The van der Waals surface area contributed by atoms with Gasteiger partial charge in [0.1, 0.15) is 17.0 Å². The van der Waals surface area contributed by atoms with Crippen LogP contribution >= 0.6 is 11.8 Å². The van der Waals surface area contributed by atoms with Crippen LogP contribution in [0.4, 0.5) is 0 Å². The van der Waals surface area contributed by atoms with Crippen LogP contribution in [0.25, 0.3) is 0 Å². The van der Waals surface area contributed by atoms with Crippen LogP contribution < -0.4 is 20.1 Å². The van der Waals surface area contributed by atoms with Crippen LogP contribution in [0.15, 0.2) is 18.2 Å². The summed E-state index contributed by atoms with van der Waals surface area (Å²) in [5.74, 6) is 2.49. The van der Waals surface area contributed by atoms with Gasteiger partial charge in [0.25, 0.3) is 0 Å². The number of amides is 1. The van der Waals surface area contributed by atoms with Crippen LogP contribution in [0, 0.1) is 5.92 Å². The van der Waals surface area contributed by atoms with E-state index < -0.39 is 0 Å². The fraction of sp³-hybridized carbons (Fsp3) is 0.562. The zero-order valence-corrected chi connectivity index (χ0v) is 14.3. The SMILES string of the molecule is CCC1C(=O)NC(SCc2cc(OC)cc(OC)c2)NC1C. The van der Waals surface area contributed by atoms with E-state index in [1.165, 1.54) is 0 Å². The summed E-state index contributed by atoms with van der Waals surface area (Å²) in [5, 5.41) is 6.47. The van der Waals surface area contributed by atoms with Gasteiger partial charge in [-0.3, -0.25) is 10.1 Å². The number of nitrogens with one attached hydrogen (secondary N) is 2. The number of rotatable bonds is 6. The van der Waals surface area contributed by atoms with E-state index in [1.807, 2.05) is 25.1 Å². The zero-order chi connectivity index (χ0) is 16.1. The van der Waals surface area contributed by atoms with Crippen LogP contribution in [0.2, 0.25) is 0 Å². The molecule has 0 radical (unpaired) electrons. The normalized spacial score (nSPS) is 24.7. The first-order valence-corrected chi connectivity index (χ1v) is 8.52. The minimum atomic E-state index is -0.0671. The van der Waals surface area contributed by atoms with Crippen molar-refractivity contribution in [3.8, 4) is 11.5 Å². The first-order chi connectivity index (χ1) is 10.6. The summed E-state index contributed by atoms with van der Waals surface area (Å²) >= 11 is 1.65. The molecule has 6 heteroatoms. The van der Waals surface area contributed by atoms with E-state index >= 15 is 0 Å². The quantitative estimate of drug-likeness (QED) is 0.841. The van der Waals surface area contributed by atoms with E-state index in [-0.39, 0.29) is 23.4 Å². The lowest BCUT2D eigenvalue weighted by Gasteiger charge is -2.34. The average molecular weight is 324 g/mol. The number of benzene rings is 1. The number of carbonyl (C=O) groups is 1. The molecule has 1 aromatic carbocycles. The van der Waals surface area contributed by atoms with Gasteiger partial charge in [0, 0.05) is 17.9 Å². The molecule has 0 saturated carbocycles. The standard InChI is InChI=1S/C16H24N2O3S/c1-5-14-10(2)17-16(18-15(14)19)22-9-11-6-12(20-3)8-13(7-11)21-4/h6-8,10,14,16-17H,5,9H2,1-4H3,(H,18,19). The molecule has 1 fully saturated rings. The molecule has 5 nitrogen and oxygen atoms in total. The molecule has 2 rings (SSSR count). The Bertz CT molecular complexity index is 502. The van der Waals surface area contributed by atoms with E-state index in [0.717, 1.165) is 29.2 Å². The number of ether oxygens (including phenoxy) is 2. The molecular formula is C16H24N2O3S. The Morgan fingerprint density at radius 3 is 2.32 bits per heavy atom. The molecule has 1 saturated heterocycles. The largest absolute Gasteiger partial charge is 0.497 e. The Morgan fingerprint density at radius 1 is 1.18 bits per heavy atom. The van der Waals surface area contributed by atoms with Crippen LogP contribution in [-0.4, -0.2) is 31.7 Å². The van der Waals surface area contributed by atoms with Gasteiger partial charge in [-0.15, -0.1) is 11.8 Å². The number of carbonyl (C=O) groups excluding carboxylic acids is 1. The van der Waals surface area contributed by atoms with Crippen molar-refractivity contribution in [2.45, 2.75) is 37.6 Å². The molecule has 1 amide bonds. The van der Waals surface area contributed by atoms with Crippen LogP contribution in [-0.2, 0) is 10.5 Å². The molecular weight excluding hydrogens is 300 g/mol. The van der Waals surface area contributed by atoms with Crippen LogP contribution in [0.1, 0.15) is 25.8 Å². The van der Waals surface area contributed by atoms with Gasteiger partial charge in [-0.25, -0.2) is 0 Å². The lowest BCUT2D eigenvalue weighted by molar-refractivity contribution is -0.128. The zero-order valence-electron chi connectivity index (χ0n) is 13.5. The van der Waals surface area contributed by atoms with Crippen molar-refractivity contribution in [1.82, 2.24) is 10.6 Å². The Balaban J connectivity index is 1.97. The lowest BCUT2D eigenvalue weighted by Crippen LogP contribution is -2.58. The molecule has 1 heterocycles. The summed E-state index contributed by atoms with van der Waals surface area (Å²) in [4.78, 5) is 12.1. The second-order valence-electron chi connectivity index (χ2n) is 5.39. The predicted octanol–water partition coefficient (Wildman–Crippen LogP) is 2.35. The van der Waals surface area contributed by atoms with Gasteiger partial charge in [-0.05, 0) is 31.0 Å². The summed E-state index contributed by atoms with van der Waals surface area (Å²) in [5.41, 5.74) is 1.03. The van der Waals surface area contributed by atoms with Gasteiger partial charge in [0.05, 0.1) is 20.1 Å². The van der Waals surface area contributed by atoms with Gasteiger partial charge >= 0.3 is 0 Å². The lowest BCUT2D eigenvalue weighted by atomic mass is 9.96. The topological polar surface area (TPSA) is 59.6 Å². The van der Waals surface area contributed by atoms with Gasteiger partial charge in [0.2, 0.25) is 5.91 Å². The number of hydrogen-bond donors (Lipinski definition) is 2. The molecule has 22 heavy (non-hydrogen) atoms. The monoisotopic (exact) mass is 324 g/mol. The van der Waals surface area contributed by atoms with Gasteiger partial charge in [-0.1, -0.05) is 6.92 Å². The first kappa shape index (κ1) is 17.0. The number of methoxy groups -OCH3 is 2. The molecule has 0 bridgehead atoms. The highest BCUT2D eigenvalue weighted by Gasteiger charge is 2.31. The maximum atomic E-state index is 12.1. The van der Waals surface area contributed by atoms with Gasteiger partial charge in [-0.2, -0.15) is 0 Å². The molecule has 0 spiro atoms. The third-order valence-corrected chi connectivity index (χ3v) is 4.98. The number of hydrogen-bond acceptors (Lipinski definition) is 5. The van der Waals surface area contributed by atoms with Crippen molar-refractivity contribution < 1.29 is 14.3 Å². The molecule has 3 unspecified atom stereocenters. The average Bonchev–Trinajstić information content (AvgIpc) is 2.52. The third-order valence-electron chi connectivity index (χ3n) is 3.90. The molecule has 1 aliphatic rings. The number of thioether (sulfide) groups is 1. The highest BCUT2D eigenvalue weighted by Crippen LogP contribution is 2.27. The van der Waals surface area contributed by atoms with E-state index in [2.05, 4.69) is 17.6 Å². The first-order valence-electron chi connectivity index (χ1n) is 7.47. The Morgan fingerprint density at radius 2 is 1.82 bits per heavy atom. The van der Waals surface area contributed by atoms with Crippen molar-refractivity contribution in [1.29, 1.82) is 0 Å².